The molecule has 0 unspecified atom stereocenters. The molecule has 4 rings (SSSR count). The Morgan fingerprint density at radius 2 is 1.40 bits per heavy atom. The van der Waals surface area contributed by atoms with Crippen molar-refractivity contribution in [2.45, 2.75) is 67.2 Å². The SMILES string of the molecule is CC.CC.Cc1ccc2c(c1)CCCC2.Cc1csc2ccccc12. The number of fused-ring (bicyclic) bond motifs is 2. The Kier molecular flexibility index (Phi) is 10.2. The third-order valence-electron chi connectivity index (χ3n) is 4.18. The van der Waals surface area contributed by atoms with E-state index >= 15 is 0 Å². The molecule has 2 aromatic carbocycles. The number of hydrogen-bond donors (Lipinski definition) is 0. The van der Waals surface area contributed by atoms with Gasteiger partial charge in [-0.1, -0.05) is 69.7 Å². The largest absolute Gasteiger partial charge is 0.144 e. The van der Waals surface area contributed by atoms with Crippen LogP contribution in [-0.4, -0.2) is 0 Å². The molecule has 0 aliphatic heterocycles. The maximum absolute atomic E-state index is 2.34. The third-order valence-corrected chi connectivity index (χ3v) is 5.26. The summed E-state index contributed by atoms with van der Waals surface area (Å²) in [5.41, 5.74) is 5.98. The number of benzene rings is 2. The minimum atomic E-state index is 1.30. The summed E-state index contributed by atoms with van der Waals surface area (Å²) in [6.07, 6.45) is 5.37. The smallest absolute Gasteiger partial charge is 0.0345 e. The molecule has 0 radical (unpaired) electrons. The Balaban J connectivity index is 0.000000210. The fourth-order valence-electron chi connectivity index (χ4n) is 2.97. The highest BCUT2D eigenvalue weighted by atomic mass is 32.1. The number of rotatable bonds is 0. The van der Waals surface area contributed by atoms with Crippen molar-refractivity contribution in [3.8, 4) is 0 Å². The molecule has 0 spiro atoms. The molecule has 0 saturated heterocycles. The van der Waals surface area contributed by atoms with Crippen molar-refractivity contribution in [3.05, 3.63) is 70.1 Å². The second kappa shape index (κ2) is 11.9. The molecule has 3 aromatic rings. The molecule has 0 N–H and O–H groups in total. The zero-order valence-corrected chi connectivity index (χ0v) is 17.7. The van der Waals surface area contributed by atoms with Gasteiger partial charge in [-0.05, 0) is 73.1 Å². The Morgan fingerprint density at radius 3 is 2.08 bits per heavy atom. The van der Waals surface area contributed by atoms with Crippen LogP contribution in [0.25, 0.3) is 10.1 Å². The van der Waals surface area contributed by atoms with E-state index in [0.29, 0.717) is 0 Å². The van der Waals surface area contributed by atoms with E-state index in [4.69, 9.17) is 0 Å². The second-order valence-corrected chi connectivity index (χ2v) is 6.81. The van der Waals surface area contributed by atoms with Crippen LogP contribution in [-0.2, 0) is 12.8 Å². The van der Waals surface area contributed by atoms with Gasteiger partial charge in [0.2, 0.25) is 0 Å². The van der Waals surface area contributed by atoms with E-state index in [0.717, 1.165) is 0 Å². The van der Waals surface area contributed by atoms with Crippen molar-refractivity contribution < 1.29 is 0 Å². The van der Waals surface area contributed by atoms with Crippen molar-refractivity contribution >= 4 is 21.4 Å². The lowest BCUT2D eigenvalue weighted by Gasteiger charge is -2.15. The zero-order chi connectivity index (χ0) is 18.7. The van der Waals surface area contributed by atoms with Gasteiger partial charge in [0, 0.05) is 4.70 Å². The minimum absolute atomic E-state index is 1.30. The van der Waals surface area contributed by atoms with Crippen molar-refractivity contribution in [2.24, 2.45) is 0 Å². The van der Waals surface area contributed by atoms with E-state index in [9.17, 15) is 0 Å². The summed E-state index contributed by atoms with van der Waals surface area (Å²) in [4.78, 5) is 0. The molecule has 0 amide bonds. The van der Waals surface area contributed by atoms with E-state index in [2.05, 4.69) is 61.7 Å². The van der Waals surface area contributed by atoms with Gasteiger partial charge in [0.25, 0.3) is 0 Å². The predicted molar refractivity (Wildman–Crippen MR) is 117 cm³/mol. The van der Waals surface area contributed by atoms with E-state index in [1.165, 1.54) is 46.9 Å². The Labute approximate surface area is 158 Å². The summed E-state index contributed by atoms with van der Waals surface area (Å²) in [7, 11) is 0. The molecule has 1 aromatic heterocycles. The molecule has 0 bridgehead atoms. The highest BCUT2D eigenvalue weighted by Crippen LogP contribution is 2.24. The number of thiophene rings is 1. The highest BCUT2D eigenvalue weighted by molar-refractivity contribution is 7.17. The lowest BCUT2D eigenvalue weighted by Crippen LogP contribution is -2.01. The lowest BCUT2D eigenvalue weighted by atomic mass is 9.91. The van der Waals surface area contributed by atoms with Gasteiger partial charge < -0.3 is 0 Å². The van der Waals surface area contributed by atoms with Crippen molar-refractivity contribution in [3.63, 3.8) is 0 Å². The van der Waals surface area contributed by atoms with Gasteiger partial charge in [0.15, 0.2) is 0 Å². The monoisotopic (exact) mass is 354 g/mol. The predicted octanol–water partition coefficient (Wildman–Crippen LogP) is 8.14. The fraction of sp³-hybridized carbons (Fsp3) is 0.417. The molecule has 0 nitrogen and oxygen atoms in total. The second-order valence-electron chi connectivity index (χ2n) is 5.89. The fourth-order valence-corrected chi connectivity index (χ4v) is 3.92. The topological polar surface area (TPSA) is 0 Å². The average Bonchev–Trinajstić information content (AvgIpc) is 3.07. The standard InChI is InChI=1S/C11H14.C9H8S.2C2H6/c1-9-6-7-10-4-2-3-5-11(10)8-9;1-7-6-10-9-5-3-2-4-8(7)9;2*1-2/h6-8H,2-5H2,1H3;2-6H,1H3;2*1-2H3. The summed E-state index contributed by atoms with van der Waals surface area (Å²) in [6, 6.07) is 15.4. The highest BCUT2D eigenvalue weighted by Gasteiger charge is 2.07. The molecule has 1 aliphatic rings. The minimum Gasteiger partial charge on any atom is -0.144 e. The average molecular weight is 355 g/mol. The molecule has 1 heterocycles. The van der Waals surface area contributed by atoms with Crippen LogP contribution in [0.15, 0.2) is 47.8 Å². The number of aryl methyl sites for hydroxylation is 4. The van der Waals surface area contributed by atoms with Crippen molar-refractivity contribution in [2.75, 3.05) is 0 Å². The van der Waals surface area contributed by atoms with Gasteiger partial charge in [-0.2, -0.15) is 0 Å². The summed E-state index contributed by atoms with van der Waals surface area (Å²) < 4.78 is 1.39. The van der Waals surface area contributed by atoms with Crippen LogP contribution in [0.1, 0.15) is 62.8 Å². The van der Waals surface area contributed by atoms with Crippen LogP contribution in [0.5, 0.6) is 0 Å². The molecular weight excluding hydrogens is 320 g/mol. The third kappa shape index (κ3) is 6.32. The Bertz CT molecular complexity index is 737. The molecule has 136 valence electrons. The van der Waals surface area contributed by atoms with Gasteiger partial charge in [0.05, 0.1) is 0 Å². The number of hydrogen-bond acceptors (Lipinski definition) is 1. The maximum Gasteiger partial charge on any atom is 0.0345 e. The van der Waals surface area contributed by atoms with Gasteiger partial charge in [-0.3, -0.25) is 0 Å². The van der Waals surface area contributed by atoms with E-state index < -0.39 is 0 Å². The summed E-state index contributed by atoms with van der Waals surface area (Å²) in [6.45, 7) is 12.3. The first kappa shape index (κ1) is 21.4. The van der Waals surface area contributed by atoms with Crippen LogP contribution >= 0.6 is 11.3 Å². The van der Waals surface area contributed by atoms with Crippen molar-refractivity contribution in [1.82, 2.24) is 0 Å². The molecule has 1 aliphatic carbocycles. The first-order valence-corrected chi connectivity index (χ1v) is 10.6. The van der Waals surface area contributed by atoms with Crippen LogP contribution < -0.4 is 0 Å². The first-order valence-electron chi connectivity index (χ1n) is 9.75. The molecular formula is C24H34S. The van der Waals surface area contributed by atoms with Crippen LogP contribution in [0.3, 0.4) is 0 Å². The van der Waals surface area contributed by atoms with Gasteiger partial charge in [0.1, 0.15) is 0 Å². The lowest BCUT2D eigenvalue weighted by molar-refractivity contribution is 0.685. The molecule has 0 fully saturated rings. The van der Waals surface area contributed by atoms with Crippen LogP contribution in [0.2, 0.25) is 0 Å². The quantitative estimate of drug-likeness (QED) is 0.382. The van der Waals surface area contributed by atoms with Gasteiger partial charge >= 0.3 is 0 Å². The summed E-state index contributed by atoms with van der Waals surface area (Å²) >= 11 is 1.81. The first-order chi connectivity index (χ1) is 12.2. The maximum atomic E-state index is 2.34. The van der Waals surface area contributed by atoms with Crippen molar-refractivity contribution in [1.29, 1.82) is 0 Å². The Morgan fingerprint density at radius 1 is 0.760 bits per heavy atom. The van der Waals surface area contributed by atoms with Crippen LogP contribution in [0, 0.1) is 13.8 Å². The molecule has 1 heteroatoms. The zero-order valence-electron chi connectivity index (χ0n) is 16.9. The molecule has 0 saturated carbocycles. The van der Waals surface area contributed by atoms with E-state index in [1.807, 2.05) is 39.0 Å². The normalized spacial score (nSPS) is 11.8. The van der Waals surface area contributed by atoms with Crippen LogP contribution in [0.4, 0.5) is 0 Å². The molecule has 0 atom stereocenters. The Hall–Kier alpha value is -1.60. The summed E-state index contributed by atoms with van der Waals surface area (Å²) in [5, 5.41) is 3.59. The van der Waals surface area contributed by atoms with Gasteiger partial charge in [-0.25, -0.2) is 0 Å². The molecule has 25 heavy (non-hydrogen) atoms. The van der Waals surface area contributed by atoms with Gasteiger partial charge in [-0.15, -0.1) is 11.3 Å². The van der Waals surface area contributed by atoms with E-state index in [1.54, 1.807) is 11.1 Å². The summed E-state index contributed by atoms with van der Waals surface area (Å²) in [5.74, 6) is 0. The van der Waals surface area contributed by atoms with E-state index in [-0.39, 0.29) is 0 Å².